The fraction of sp³-hybridized carbons (Fsp3) is 0.632. The highest BCUT2D eigenvalue weighted by Crippen LogP contribution is 2.28. The Hall–Kier alpha value is -1.35. The fourth-order valence-electron chi connectivity index (χ4n) is 3.46. The molecule has 0 bridgehead atoms. The number of benzene rings is 1. The second kappa shape index (κ2) is 7.28. The zero-order valence-electron chi connectivity index (χ0n) is 14.4. The van der Waals surface area contributed by atoms with Crippen LogP contribution in [0.3, 0.4) is 0 Å². The number of hydrogen-bond donors (Lipinski definition) is 1. The molecule has 0 aromatic heterocycles. The average molecular weight is 302 g/mol. The Labute approximate surface area is 135 Å². The summed E-state index contributed by atoms with van der Waals surface area (Å²) in [5.41, 5.74) is 1.40. The Bertz CT molecular complexity index is 475. The Kier molecular flexibility index (Phi) is 5.63. The molecule has 1 aliphatic heterocycles. The van der Waals surface area contributed by atoms with E-state index in [1.807, 2.05) is 6.07 Å². The van der Waals surface area contributed by atoms with E-state index >= 15 is 0 Å². The minimum atomic E-state index is 0.0702. The summed E-state index contributed by atoms with van der Waals surface area (Å²) in [6.45, 7) is 8.68. The van der Waals surface area contributed by atoms with Crippen LogP contribution in [-0.4, -0.2) is 37.0 Å². The summed E-state index contributed by atoms with van der Waals surface area (Å²) in [4.78, 5) is 14.7. The van der Waals surface area contributed by atoms with Gasteiger partial charge in [0.15, 0.2) is 0 Å². The van der Waals surface area contributed by atoms with Gasteiger partial charge in [0.2, 0.25) is 5.91 Å². The molecule has 1 aromatic carbocycles. The van der Waals surface area contributed by atoms with Crippen LogP contribution in [0.25, 0.3) is 0 Å². The third-order valence-electron chi connectivity index (χ3n) is 4.85. The van der Waals surface area contributed by atoms with Crippen molar-refractivity contribution in [3.05, 3.63) is 35.9 Å². The molecule has 2 rings (SSSR count). The second-order valence-corrected chi connectivity index (χ2v) is 7.44. The summed E-state index contributed by atoms with van der Waals surface area (Å²) in [5.74, 6) is 0.433. The van der Waals surface area contributed by atoms with Gasteiger partial charge >= 0.3 is 0 Å². The van der Waals surface area contributed by atoms with E-state index in [0.29, 0.717) is 0 Å². The lowest BCUT2D eigenvalue weighted by molar-refractivity contribution is -0.127. The monoisotopic (exact) mass is 302 g/mol. The number of carbonyl (C=O) groups excluding carboxylic acids is 1. The first-order valence-corrected chi connectivity index (χ1v) is 8.43. The Morgan fingerprint density at radius 3 is 2.45 bits per heavy atom. The van der Waals surface area contributed by atoms with Crippen molar-refractivity contribution in [2.24, 2.45) is 5.92 Å². The van der Waals surface area contributed by atoms with Crippen LogP contribution in [0.1, 0.15) is 45.6 Å². The van der Waals surface area contributed by atoms with Gasteiger partial charge in [-0.25, -0.2) is 0 Å². The van der Waals surface area contributed by atoms with E-state index < -0.39 is 0 Å². The van der Waals surface area contributed by atoms with Crippen LogP contribution in [0.2, 0.25) is 0 Å². The van der Waals surface area contributed by atoms with Crippen molar-refractivity contribution in [1.82, 2.24) is 10.2 Å². The molecule has 1 fully saturated rings. The summed E-state index contributed by atoms with van der Waals surface area (Å²) < 4.78 is 0. The van der Waals surface area contributed by atoms with Gasteiger partial charge in [0, 0.05) is 12.0 Å². The van der Waals surface area contributed by atoms with Gasteiger partial charge in [-0.15, -0.1) is 0 Å². The molecule has 0 radical (unpaired) electrons. The Morgan fingerprint density at radius 2 is 1.86 bits per heavy atom. The molecule has 1 atom stereocenters. The maximum Gasteiger partial charge on any atom is 0.223 e. The average Bonchev–Trinajstić information content (AvgIpc) is 2.48. The number of piperidine rings is 1. The molecule has 1 unspecified atom stereocenters. The van der Waals surface area contributed by atoms with Gasteiger partial charge in [-0.05, 0) is 57.3 Å². The second-order valence-electron chi connectivity index (χ2n) is 7.44. The van der Waals surface area contributed by atoms with Crippen molar-refractivity contribution in [2.45, 2.75) is 51.5 Å². The highest BCUT2D eigenvalue weighted by molar-refractivity contribution is 5.79. The van der Waals surface area contributed by atoms with E-state index in [0.717, 1.165) is 32.4 Å². The number of nitrogens with zero attached hydrogens (tertiary/aromatic N) is 1. The maximum atomic E-state index is 12.4. The number of rotatable bonds is 5. The van der Waals surface area contributed by atoms with Gasteiger partial charge in [-0.1, -0.05) is 44.2 Å². The topological polar surface area (TPSA) is 32.3 Å². The van der Waals surface area contributed by atoms with Gasteiger partial charge in [0.05, 0.1) is 0 Å². The highest BCUT2D eigenvalue weighted by Gasteiger charge is 2.27. The molecular weight excluding hydrogens is 272 g/mol. The van der Waals surface area contributed by atoms with Gasteiger partial charge in [0.25, 0.3) is 0 Å². The lowest BCUT2D eigenvalue weighted by atomic mass is 9.79. The van der Waals surface area contributed by atoms with Crippen LogP contribution in [-0.2, 0) is 10.2 Å². The van der Waals surface area contributed by atoms with Crippen LogP contribution in [0.5, 0.6) is 0 Å². The van der Waals surface area contributed by atoms with E-state index in [9.17, 15) is 4.79 Å². The van der Waals surface area contributed by atoms with Crippen molar-refractivity contribution in [2.75, 3.05) is 20.1 Å². The zero-order valence-corrected chi connectivity index (χ0v) is 14.4. The molecular formula is C19H30N2O. The molecule has 1 amide bonds. The number of nitrogens with one attached hydrogen (secondary N) is 1. The summed E-state index contributed by atoms with van der Waals surface area (Å²) in [7, 11) is 2.12. The predicted octanol–water partition coefficient (Wildman–Crippen LogP) is 3.20. The van der Waals surface area contributed by atoms with E-state index in [1.54, 1.807) is 0 Å². The van der Waals surface area contributed by atoms with E-state index in [-0.39, 0.29) is 23.3 Å². The smallest absolute Gasteiger partial charge is 0.223 e. The number of likely N-dealkylation sites (tertiary alicyclic amines) is 1. The molecule has 0 spiro atoms. The summed E-state index contributed by atoms with van der Waals surface area (Å²) in [6, 6.07) is 10.8. The van der Waals surface area contributed by atoms with Gasteiger partial charge in [0.1, 0.15) is 0 Å². The summed E-state index contributed by atoms with van der Waals surface area (Å²) >= 11 is 0. The summed E-state index contributed by atoms with van der Waals surface area (Å²) in [5, 5.41) is 3.23. The van der Waals surface area contributed by atoms with Gasteiger partial charge in [-0.3, -0.25) is 4.79 Å². The van der Waals surface area contributed by atoms with Crippen molar-refractivity contribution in [3.63, 3.8) is 0 Å². The molecule has 3 heteroatoms. The lowest BCUT2D eigenvalue weighted by Gasteiger charge is -2.32. The lowest BCUT2D eigenvalue weighted by Crippen LogP contribution is -2.43. The number of amides is 1. The Balaban J connectivity index is 1.87. The molecule has 1 heterocycles. The molecule has 1 aliphatic rings. The fourth-order valence-corrected chi connectivity index (χ4v) is 3.46. The van der Waals surface area contributed by atoms with Crippen LogP contribution in [0, 0.1) is 5.92 Å². The van der Waals surface area contributed by atoms with Gasteiger partial charge in [-0.2, -0.15) is 0 Å². The van der Waals surface area contributed by atoms with Crippen LogP contribution in [0.15, 0.2) is 30.3 Å². The van der Waals surface area contributed by atoms with Crippen molar-refractivity contribution in [1.29, 1.82) is 0 Å². The molecule has 3 nitrogen and oxygen atoms in total. The maximum absolute atomic E-state index is 12.4. The first-order valence-electron chi connectivity index (χ1n) is 8.43. The third-order valence-corrected chi connectivity index (χ3v) is 4.85. The largest absolute Gasteiger partial charge is 0.353 e. The molecule has 1 aromatic rings. The van der Waals surface area contributed by atoms with Crippen molar-refractivity contribution < 1.29 is 4.79 Å². The highest BCUT2D eigenvalue weighted by atomic mass is 16.1. The SMILES string of the molecule is CC(CC(C)(C)c1ccccc1)NC(=O)C1CCN(C)CC1. The molecule has 1 N–H and O–H groups in total. The van der Waals surface area contributed by atoms with Crippen LogP contribution >= 0.6 is 0 Å². The van der Waals surface area contributed by atoms with Crippen molar-refractivity contribution >= 4 is 5.91 Å². The van der Waals surface area contributed by atoms with E-state index in [1.165, 1.54) is 5.56 Å². The quantitative estimate of drug-likeness (QED) is 0.906. The van der Waals surface area contributed by atoms with Crippen LogP contribution in [0.4, 0.5) is 0 Å². The number of hydrogen-bond acceptors (Lipinski definition) is 2. The minimum Gasteiger partial charge on any atom is -0.353 e. The molecule has 1 saturated heterocycles. The predicted molar refractivity (Wildman–Crippen MR) is 91.9 cm³/mol. The molecule has 0 saturated carbocycles. The molecule has 0 aliphatic carbocycles. The Morgan fingerprint density at radius 1 is 1.27 bits per heavy atom. The third kappa shape index (κ3) is 4.57. The van der Waals surface area contributed by atoms with Crippen LogP contribution < -0.4 is 5.32 Å². The first kappa shape index (κ1) is 17.0. The standard InChI is InChI=1S/C19H30N2O/c1-15(14-19(2,3)17-8-6-5-7-9-17)20-18(22)16-10-12-21(4)13-11-16/h5-9,15-16H,10-14H2,1-4H3,(H,20,22). The summed E-state index contributed by atoms with van der Waals surface area (Å²) in [6.07, 6.45) is 2.92. The first-order chi connectivity index (χ1) is 10.4. The van der Waals surface area contributed by atoms with Gasteiger partial charge < -0.3 is 10.2 Å². The van der Waals surface area contributed by atoms with Crippen molar-refractivity contribution in [3.8, 4) is 0 Å². The van der Waals surface area contributed by atoms with E-state index in [4.69, 9.17) is 0 Å². The zero-order chi connectivity index (χ0) is 16.2. The minimum absolute atomic E-state index is 0.0702. The van der Waals surface area contributed by atoms with E-state index in [2.05, 4.69) is 62.3 Å². The molecule has 122 valence electrons. The molecule has 22 heavy (non-hydrogen) atoms. The normalized spacial score (nSPS) is 18.9. The number of carbonyl (C=O) groups is 1.